The van der Waals surface area contributed by atoms with Crippen molar-refractivity contribution in [2.45, 2.75) is 0 Å². The van der Waals surface area contributed by atoms with Crippen molar-refractivity contribution in [1.29, 1.82) is 0 Å². The smallest absolute Gasteiger partial charge is 0.0645 e. The van der Waals surface area contributed by atoms with Crippen molar-refractivity contribution >= 4 is 6.21 Å². The summed E-state index contributed by atoms with van der Waals surface area (Å²) in [5, 5.41) is 10.2. The summed E-state index contributed by atoms with van der Waals surface area (Å²) >= 11 is 0. The van der Waals surface area contributed by atoms with Gasteiger partial charge in [0.2, 0.25) is 0 Å². The molecule has 2 aromatic rings. The Kier molecular flexibility index (Phi) is 3.00. The number of hydrazone groups is 1. The Balaban J connectivity index is 2.20. The molecule has 0 amide bonds. The molecule has 4 heteroatoms. The molecule has 0 N–H and O–H groups in total. The summed E-state index contributed by atoms with van der Waals surface area (Å²) in [7, 11) is 3.77. The molecule has 1 aromatic heterocycles. The van der Waals surface area contributed by atoms with Crippen LogP contribution in [0.1, 0.15) is 5.56 Å². The van der Waals surface area contributed by atoms with Gasteiger partial charge in [0.05, 0.1) is 18.1 Å². The fourth-order valence-corrected chi connectivity index (χ4v) is 1.31. The highest BCUT2D eigenvalue weighted by Crippen LogP contribution is 2.06. The molecule has 16 heavy (non-hydrogen) atoms. The zero-order chi connectivity index (χ0) is 11.4. The fraction of sp³-hybridized carbons (Fsp3) is 0.167. The lowest BCUT2D eigenvalue weighted by Crippen LogP contribution is -2.01. The van der Waals surface area contributed by atoms with E-state index in [0.717, 1.165) is 11.3 Å². The maximum atomic E-state index is 4.27. The summed E-state index contributed by atoms with van der Waals surface area (Å²) in [5.74, 6) is 0. The largest absolute Gasteiger partial charge is 0.303 e. The molecule has 0 saturated heterocycles. The number of rotatable bonds is 3. The van der Waals surface area contributed by atoms with E-state index in [9.17, 15) is 0 Å². The van der Waals surface area contributed by atoms with Crippen molar-refractivity contribution in [1.82, 2.24) is 14.8 Å². The van der Waals surface area contributed by atoms with E-state index in [1.807, 2.05) is 55.3 Å². The quantitative estimate of drug-likeness (QED) is 0.576. The van der Waals surface area contributed by atoms with E-state index in [2.05, 4.69) is 10.2 Å². The number of hydrogen-bond donors (Lipinski definition) is 0. The van der Waals surface area contributed by atoms with E-state index in [-0.39, 0.29) is 0 Å². The highest BCUT2D eigenvalue weighted by Gasteiger charge is 1.97. The third-order valence-corrected chi connectivity index (χ3v) is 2.06. The van der Waals surface area contributed by atoms with E-state index in [0.29, 0.717) is 0 Å². The molecule has 0 aliphatic carbocycles. The molecule has 0 spiro atoms. The standard InChI is InChI=1S/C12H14N4/c1-15(2)13-8-11-9-14-16(10-11)12-6-4-3-5-7-12/h3-10H,1-2H3/b13-8+. The molecule has 1 heterocycles. The minimum atomic E-state index is 0.984. The van der Waals surface area contributed by atoms with Gasteiger partial charge in [0.1, 0.15) is 0 Å². The molecular weight excluding hydrogens is 200 g/mol. The van der Waals surface area contributed by atoms with Crippen molar-refractivity contribution < 1.29 is 0 Å². The second kappa shape index (κ2) is 4.61. The van der Waals surface area contributed by atoms with Gasteiger partial charge < -0.3 is 5.01 Å². The van der Waals surface area contributed by atoms with Crippen LogP contribution in [0.25, 0.3) is 5.69 Å². The lowest BCUT2D eigenvalue weighted by atomic mass is 10.3. The Morgan fingerprint density at radius 3 is 2.69 bits per heavy atom. The van der Waals surface area contributed by atoms with Crippen LogP contribution in [0.2, 0.25) is 0 Å². The van der Waals surface area contributed by atoms with Gasteiger partial charge in [-0.3, -0.25) is 0 Å². The molecule has 0 bridgehead atoms. The summed E-state index contributed by atoms with van der Waals surface area (Å²) in [5.41, 5.74) is 2.03. The molecule has 82 valence electrons. The summed E-state index contributed by atoms with van der Waals surface area (Å²) in [6.07, 6.45) is 5.52. The lowest BCUT2D eigenvalue weighted by molar-refractivity contribution is 0.440. The van der Waals surface area contributed by atoms with Gasteiger partial charge in [-0.15, -0.1) is 0 Å². The third kappa shape index (κ3) is 2.48. The molecule has 0 saturated carbocycles. The molecule has 0 aliphatic heterocycles. The van der Waals surface area contributed by atoms with Crippen LogP contribution in [-0.2, 0) is 0 Å². The summed E-state index contributed by atoms with van der Waals surface area (Å²) in [6.45, 7) is 0. The molecular formula is C12H14N4. The van der Waals surface area contributed by atoms with Crippen molar-refractivity contribution in [2.75, 3.05) is 14.1 Å². The van der Waals surface area contributed by atoms with Crippen molar-refractivity contribution in [3.63, 3.8) is 0 Å². The Labute approximate surface area is 94.8 Å². The molecule has 0 fully saturated rings. The maximum Gasteiger partial charge on any atom is 0.0645 e. The molecule has 0 aliphatic rings. The van der Waals surface area contributed by atoms with E-state index in [1.165, 1.54) is 0 Å². The second-order valence-electron chi connectivity index (χ2n) is 3.65. The van der Waals surface area contributed by atoms with Crippen LogP contribution in [0, 0.1) is 0 Å². The van der Waals surface area contributed by atoms with Gasteiger partial charge >= 0.3 is 0 Å². The molecule has 0 atom stereocenters. The first kappa shape index (κ1) is 10.4. The van der Waals surface area contributed by atoms with E-state index in [1.54, 1.807) is 17.4 Å². The minimum Gasteiger partial charge on any atom is -0.303 e. The fourth-order valence-electron chi connectivity index (χ4n) is 1.31. The first-order chi connectivity index (χ1) is 7.75. The zero-order valence-electron chi connectivity index (χ0n) is 9.41. The van der Waals surface area contributed by atoms with Gasteiger partial charge in [0.25, 0.3) is 0 Å². The molecule has 0 radical (unpaired) electrons. The number of nitrogens with zero attached hydrogens (tertiary/aromatic N) is 4. The SMILES string of the molecule is CN(C)/N=C/c1cnn(-c2ccccc2)c1. The second-order valence-corrected chi connectivity index (χ2v) is 3.65. The highest BCUT2D eigenvalue weighted by atomic mass is 15.4. The minimum absolute atomic E-state index is 0.984. The monoisotopic (exact) mass is 214 g/mol. The average molecular weight is 214 g/mol. The van der Waals surface area contributed by atoms with Gasteiger partial charge in [-0.05, 0) is 12.1 Å². The molecule has 0 unspecified atom stereocenters. The maximum absolute atomic E-state index is 4.27. The Morgan fingerprint density at radius 2 is 2.00 bits per heavy atom. The number of hydrogen-bond acceptors (Lipinski definition) is 3. The zero-order valence-corrected chi connectivity index (χ0v) is 9.41. The molecule has 2 rings (SSSR count). The van der Waals surface area contributed by atoms with Gasteiger partial charge in [0.15, 0.2) is 0 Å². The lowest BCUT2D eigenvalue weighted by Gasteiger charge is -2.00. The van der Waals surface area contributed by atoms with Crippen LogP contribution in [0.3, 0.4) is 0 Å². The van der Waals surface area contributed by atoms with E-state index in [4.69, 9.17) is 0 Å². The van der Waals surface area contributed by atoms with Gasteiger partial charge in [0, 0.05) is 25.9 Å². The van der Waals surface area contributed by atoms with E-state index < -0.39 is 0 Å². The Morgan fingerprint density at radius 1 is 1.25 bits per heavy atom. The summed E-state index contributed by atoms with van der Waals surface area (Å²) < 4.78 is 1.83. The van der Waals surface area contributed by atoms with Gasteiger partial charge in [-0.2, -0.15) is 10.2 Å². The van der Waals surface area contributed by atoms with Crippen molar-refractivity contribution in [3.05, 3.63) is 48.3 Å². The summed E-state index contributed by atoms with van der Waals surface area (Å²) in [4.78, 5) is 0. The van der Waals surface area contributed by atoms with Crippen LogP contribution in [0.5, 0.6) is 0 Å². The molecule has 4 nitrogen and oxygen atoms in total. The number of benzene rings is 1. The Bertz CT molecular complexity index is 471. The van der Waals surface area contributed by atoms with Gasteiger partial charge in [-0.25, -0.2) is 4.68 Å². The highest BCUT2D eigenvalue weighted by molar-refractivity contribution is 5.78. The average Bonchev–Trinajstić information content (AvgIpc) is 2.76. The van der Waals surface area contributed by atoms with Crippen LogP contribution >= 0.6 is 0 Å². The normalized spacial score (nSPS) is 10.9. The van der Waals surface area contributed by atoms with Crippen LogP contribution in [0.15, 0.2) is 47.8 Å². The number of para-hydroxylation sites is 1. The topological polar surface area (TPSA) is 33.4 Å². The summed E-state index contributed by atoms with van der Waals surface area (Å²) in [6, 6.07) is 10.00. The van der Waals surface area contributed by atoms with Crippen LogP contribution in [0.4, 0.5) is 0 Å². The van der Waals surface area contributed by atoms with Gasteiger partial charge in [-0.1, -0.05) is 18.2 Å². The van der Waals surface area contributed by atoms with Crippen molar-refractivity contribution in [2.24, 2.45) is 5.10 Å². The first-order valence-electron chi connectivity index (χ1n) is 5.07. The Hall–Kier alpha value is -2.10. The van der Waals surface area contributed by atoms with E-state index >= 15 is 0 Å². The predicted octanol–water partition coefficient (Wildman–Crippen LogP) is 1.77. The van der Waals surface area contributed by atoms with Crippen molar-refractivity contribution in [3.8, 4) is 5.69 Å². The first-order valence-corrected chi connectivity index (χ1v) is 5.07. The third-order valence-electron chi connectivity index (χ3n) is 2.06. The molecule has 1 aromatic carbocycles. The number of aromatic nitrogens is 2. The van der Waals surface area contributed by atoms with Crippen LogP contribution < -0.4 is 0 Å². The predicted molar refractivity (Wildman–Crippen MR) is 64.8 cm³/mol. The van der Waals surface area contributed by atoms with Crippen LogP contribution in [-0.4, -0.2) is 35.1 Å².